The van der Waals surface area contributed by atoms with Crippen molar-refractivity contribution in [2.75, 3.05) is 0 Å². The van der Waals surface area contributed by atoms with E-state index in [0.717, 1.165) is 21.0 Å². The largest absolute Gasteiger partial charge is 0.478 e. The van der Waals surface area contributed by atoms with Crippen LogP contribution in [0.3, 0.4) is 0 Å². The van der Waals surface area contributed by atoms with Gasteiger partial charge in [0.2, 0.25) is 0 Å². The van der Waals surface area contributed by atoms with Crippen molar-refractivity contribution in [3.63, 3.8) is 0 Å². The molecule has 0 radical (unpaired) electrons. The molecule has 0 spiro atoms. The van der Waals surface area contributed by atoms with Crippen LogP contribution in [0, 0.1) is 6.92 Å². The molecule has 1 aromatic carbocycles. The molecule has 1 N–H and O–H groups in total. The zero-order valence-corrected chi connectivity index (χ0v) is 12.0. The highest BCUT2D eigenvalue weighted by Crippen LogP contribution is 2.28. The van der Waals surface area contributed by atoms with E-state index in [9.17, 15) is 4.79 Å². The minimum absolute atomic E-state index is 0.306. The number of hydrogen-bond donors (Lipinski definition) is 1. The van der Waals surface area contributed by atoms with Crippen molar-refractivity contribution in [2.45, 2.75) is 16.8 Å². The van der Waals surface area contributed by atoms with Crippen molar-refractivity contribution in [1.29, 1.82) is 0 Å². The van der Waals surface area contributed by atoms with Gasteiger partial charge in [-0.05, 0) is 36.8 Å². The van der Waals surface area contributed by atoms with Crippen LogP contribution in [0.2, 0.25) is 0 Å². The fraction of sp³-hybridized carbons (Fsp3) is 0.0667. The summed E-state index contributed by atoms with van der Waals surface area (Å²) in [6.45, 7) is 1.78. The maximum atomic E-state index is 11.2. The van der Waals surface area contributed by atoms with Crippen LogP contribution in [0.5, 0.6) is 0 Å². The van der Waals surface area contributed by atoms with Crippen molar-refractivity contribution in [1.82, 2.24) is 15.0 Å². The number of benzene rings is 1. The Morgan fingerprint density at radius 2 is 1.95 bits per heavy atom. The molecule has 0 atom stereocenters. The van der Waals surface area contributed by atoms with Crippen LogP contribution in [-0.4, -0.2) is 26.0 Å². The molecule has 0 saturated carbocycles. The first-order valence-electron chi connectivity index (χ1n) is 6.23. The van der Waals surface area contributed by atoms with Gasteiger partial charge in [-0.15, -0.1) is 0 Å². The Balaban J connectivity index is 1.94. The Morgan fingerprint density at radius 1 is 1.14 bits per heavy atom. The SMILES string of the molecule is Cc1ccc(Sc2ccc3nccnc3n2)cc1C(=O)O. The average molecular weight is 297 g/mol. The van der Waals surface area contributed by atoms with Gasteiger partial charge in [0.15, 0.2) is 5.65 Å². The standard InChI is InChI=1S/C15H11N3O2S/c1-9-2-3-10(8-11(9)15(19)20)21-13-5-4-12-14(18-13)17-7-6-16-12/h2-8H,1H3,(H,19,20). The Morgan fingerprint density at radius 3 is 2.76 bits per heavy atom. The topological polar surface area (TPSA) is 76.0 Å². The Bertz CT molecular complexity index is 836. The number of pyridine rings is 1. The Kier molecular flexibility index (Phi) is 3.53. The van der Waals surface area contributed by atoms with Gasteiger partial charge in [-0.25, -0.2) is 14.8 Å². The monoisotopic (exact) mass is 297 g/mol. The third kappa shape index (κ3) is 2.85. The molecule has 2 heterocycles. The van der Waals surface area contributed by atoms with Gasteiger partial charge in [-0.3, -0.25) is 4.98 Å². The second kappa shape index (κ2) is 5.49. The zero-order chi connectivity index (χ0) is 14.8. The number of carboxylic acid groups (broad SMARTS) is 1. The Labute approximate surface area is 125 Å². The maximum Gasteiger partial charge on any atom is 0.335 e. The molecule has 0 saturated heterocycles. The van der Waals surface area contributed by atoms with Gasteiger partial charge >= 0.3 is 5.97 Å². The van der Waals surface area contributed by atoms with E-state index in [2.05, 4.69) is 15.0 Å². The molecule has 0 fully saturated rings. The van der Waals surface area contributed by atoms with Crippen LogP contribution in [0.1, 0.15) is 15.9 Å². The summed E-state index contributed by atoms with van der Waals surface area (Å²) >= 11 is 1.40. The summed E-state index contributed by atoms with van der Waals surface area (Å²) in [6, 6.07) is 9.04. The first kappa shape index (κ1) is 13.5. The number of aromatic nitrogens is 3. The Hall–Kier alpha value is -2.47. The van der Waals surface area contributed by atoms with Crippen molar-refractivity contribution < 1.29 is 9.90 Å². The molecule has 5 nitrogen and oxygen atoms in total. The van der Waals surface area contributed by atoms with E-state index in [-0.39, 0.29) is 0 Å². The van der Waals surface area contributed by atoms with Crippen molar-refractivity contribution in [2.24, 2.45) is 0 Å². The van der Waals surface area contributed by atoms with E-state index < -0.39 is 5.97 Å². The van der Waals surface area contributed by atoms with Gasteiger partial charge < -0.3 is 5.11 Å². The highest BCUT2D eigenvalue weighted by Gasteiger charge is 2.09. The molecule has 104 valence electrons. The molecule has 0 aliphatic heterocycles. The number of rotatable bonds is 3. The second-order valence-corrected chi connectivity index (χ2v) is 5.53. The molecule has 2 aromatic heterocycles. The maximum absolute atomic E-state index is 11.2. The van der Waals surface area contributed by atoms with E-state index in [1.54, 1.807) is 31.5 Å². The molecule has 3 rings (SSSR count). The van der Waals surface area contributed by atoms with Crippen LogP contribution in [-0.2, 0) is 0 Å². The number of fused-ring (bicyclic) bond motifs is 1. The molecular weight excluding hydrogens is 286 g/mol. The lowest BCUT2D eigenvalue weighted by Crippen LogP contribution is -1.99. The van der Waals surface area contributed by atoms with Crippen molar-refractivity contribution >= 4 is 28.9 Å². The number of carbonyl (C=O) groups is 1. The van der Waals surface area contributed by atoms with E-state index in [1.165, 1.54) is 11.8 Å². The predicted molar refractivity (Wildman–Crippen MR) is 79.6 cm³/mol. The molecule has 0 bridgehead atoms. The van der Waals surface area contributed by atoms with E-state index >= 15 is 0 Å². The minimum atomic E-state index is -0.924. The second-order valence-electron chi connectivity index (χ2n) is 4.43. The summed E-state index contributed by atoms with van der Waals surface area (Å²) in [5.74, 6) is -0.924. The highest BCUT2D eigenvalue weighted by atomic mass is 32.2. The van der Waals surface area contributed by atoms with E-state index in [4.69, 9.17) is 5.11 Å². The smallest absolute Gasteiger partial charge is 0.335 e. The molecule has 6 heteroatoms. The van der Waals surface area contributed by atoms with Gasteiger partial charge in [0.1, 0.15) is 10.5 Å². The predicted octanol–water partition coefficient (Wildman–Crippen LogP) is 3.18. The third-order valence-corrected chi connectivity index (χ3v) is 3.89. The third-order valence-electron chi connectivity index (χ3n) is 2.97. The summed E-state index contributed by atoms with van der Waals surface area (Å²) in [4.78, 5) is 24.7. The first-order chi connectivity index (χ1) is 10.1. The molecular formula is C15H11N3O2S. The molecule has 0 aliphatic carbocycles. The van der Waals surface area contributed by atoms with Crippen molar-refractivity contribution in [3.8, 4) is 0 Å². The normalized spacial score (nSPS) is 10.7. The first-order valence-corrected chi connectivity index (χ1v) is 7.05. The lowest BCUT2D eigenvalue weighted by atomic mass is 10.1. The van der Waals surface area contributed by atoms with Crippen LogP contribution in [0.4, 0.5) is 0 Å². The fourth-order valence-corrected chi connectivity index (χ4v) is 2.73. The van der Waals surface area contributed by atoms with Crippen LogP contribution in [0.15, 0.2) is 52.6 Å². The molecule has 0 unspecified atom stereocenters. The lowest BCUT2D eigenvalue weighted by Gasteiger charge is -2.05. The summed E-state index contributed by atoms with van der Waals surface area (Å²) in [6.07, 6.45) is 3.22. The quantitative estimate of drug-likeness (QED) is 0.800. The summed E-state index contributed by atoms with van der Waals surface area (Å²) in [5, 5.41) is 9.91. The van der Waals surface area contributed by atoms with Crippen molar-refractivity contribution in [3.05, 3.63) is 53.9 Å². The van der Waals surface area contributed by atoms with Crippen LogP contribution in [0.25, 0.3) is 11.2 Å². The molecule has 0 amide bonds. The minimum Gasteiger partial charge on any atom is -0.478 e. The lowest BCUT2D eigenvalue weighted by molar-refractivity contribution is 0.0696. The molecule has 21 heavy (non-hydrogen) atoms. The van der Waals surface area contributed by atoms with Gasteiger partial charge in [0.05, 0.1) is 5.56 Å². The summed E-state index contributed by atoms with van der Waals surface area (Å²) < 4.78 is 0. The van der Waals surface area contributed by atoms with E-state index in [1.807, 2.05) is 18.2 Å². The zero-order valence-electron chi connectivity index (χ0n) is 11.1. The number of nitrogens with zero attached hydrogens (tertiary/aromatic N) is 3. The average Bonchev–Trinajstić information content (AvgIpc) is 2.49. The fourth-order valence-electron chi connectivity index (χ4n) is 1.91. The number of aryl methyl sites for hydroxylation is 1. The van der Waals surface area contributed by atoms with Crippen LogP contribution < -0.4 is 0 Å². The molecule has 0 aliphatic rings. The molecule has 3 aromatic rings. The van der Waals surface area contributed by atoms with Gasteiger partial charge in [0.25, 0.3) is 0 Å². The summed E-state index contributed by atoms with van der Waals surface area (Å²) in [7, 11) is 0. The van der Waals surface area contributed by atoms with E-state index in [0.29, 0.717) is 11.2 Å². The number of hydrogen-bond acceptors (Lipinski definition) is 5. The number of carboxylic acids is 1. The summed E-state index contributed by atoms with van der Waals surface area (Å²) in [5.41, 5.74) is 2.36. The van der Waals surface area contributed by atoms with Crippen LogP contribution >= 0.6 is 11.8 Å². The van der Waals surface area contributed by atoms with Gasteiger partial charge in [0, 0.05) is 17.3 Å². The van der Waals surface area contributed by atoms with Gasteiger partial charge in [-0.1, -0.05) is 17.8 Å². The van der Waals surface area contributed by atoms with Gasteiger partial charge in [-0.2, -0.15) is 0 Å². The number of aromatic carboxylic acids is 1. The highest BCUT2D eigenvalue weighted by molar-refractivity contribution is 7.99.